The fraction of sp³-hybridized carbons (Fsp3) is 0.308. The number of amides is 1. The average Bonchev–Trinajstić information content (AvgIpc) is 3.19. The third kappa shape index (κ3) is 4.13. The summed E-state index contributed by atoms with van der Waals surface area (Å²) in [5, 5.41) is 9.16. The molecule has 1 N–H and O–H groups in total. The van der Waals surface area contributed by atoms with Crippen molar-refractivity contribution in [1.82, 2.24) is 24.0 Å². The largest absolute Gasteiger partial charge is 0.496 e. The summed E-state index contributed by atoms with van der Waals surface area (Å²) in [5.74, 6) is 0.437. The molecule has 9 nitrogen and oxygen atoms in total. The van der Waals surface area contributed by atoms with Crippen molar-refractivity contribution < 1.29 is 14.6 Å². The highest BCUT2D eigenvalue weighted by atomic mass is 16.5. The second kappa shape index (κ2) is 9.99. The molecule has 1 aliphatic rings. The Labute approximate surface area is 202 Å². The number of carbonyl (C=O) groups is 1. The molecule has 0 bridgehead atoms. The first kappa shape index (κ1) is 24.0. The lowest BCUT2D eigenvalue weighted by Gasteiger charge is -2.32. The van der Waals surface area contributed by atoms with Gasteiger partial charge in [0, 0.05) is 31.7 Å². The number of pyridine rings is 2. The Morgan fingerprint density at radius 3 is 2.57 bits per heavy atom. The van der Waals surface area contributed by atoms with Crippen LogP contribution in [0.25, 0.3) is 33.3 Å². The number of likely N-dealkylation sites (tertiary alicyclic amines) is 1. The Bertz CT molecular complexity index is 1460. The number of methoxy groups -OCH3 is 1. The van der Waals surface area contributed by atoms with Crippen molar-refractivity contribution in [3.63, 3.8) is 0 Å². The highest BCUT2D eigenvalue weighted by Gasteiger charge is 2.28. The number of hydrogen-bond donors (Lipinski definition) is 1. The van der Waals surface area contributed by atoms with Gasteiger partial charge in [-0.05, 0) is 37.1 Å². The molecule has 4 aromatic rings. The summed E-state index contributed by atoms with van der Waals surface area (Å²) in [5.41, 5.74) is 4.29. The molecular weight excluding hydrogens is 446 g/mol. The van der Waals surface area contributed by atoms with Crippen LogP contribution in [0, 0.1) is 12.8 Å². The van der Waals surface area contributed by atoms with Gasteiger partial charge in [-0.25, -0.2) is 9.78 Å². The normalized spacial score (nSPS) is 14.0. The number of hydrogen-bond acceptors (Lipinski definition) is 6. The lowest BCUT2D eigenvalue weighted by molar-refractivity contribution is -0.135. The van der Waals surface area contributed by atoms with E-state index in [1.807, 2.05) is 36.4 Å². The zero-order chi connectivity index (χ0) is 25.1. The molecule has 1 amide bonds. The predicted molar refractivity (Wildman–Crippen MR) is 134 cm³/mol. The van der Waals surface area contributed by atoms with Crippen LogP contribution in [-0.2, 0) is 11.8 Å². The van der Waals surface area contributed by atoms with Gasteiger partial charge in [-0.15, -0.1) is 12.8 Å². The van der Waals surface area contributed by atoms with E-state index in [0.29, 0.717) is 42.5 Å². The van der Waals surface area contributed by atoms with Crippen LogP contribution >= 0.6 is 0 Å². The zero-order valence-corrected chi connectivity index (χ0v) is 19.7. The number of nitrogens with zero attached hydrogens (tertiary/aromatic N) is 5. The number of rotatable bonds is 4. The van der Waals surface area contributed by atoms with Gasteiger partial charge in [-0.2, -0.15) is 0 Å². The Kier molecular flexibility index (Phi) is 6.85. The van der Waals surface area contributed by atoms with E-state index < -0.39 is 6.61 Å². The second-order valence-corrected chi connectivity index (χ2v) is 8.24. The number of aromatic nitrogens is 4. The molecular formula is C26H27N5O4. The lowest BCUT2D eigenvalue weighted by Crippen LogP contribution is -2.42. The Morgan fingerprint density at radius 2 is 1.89 bits per heavy atom. The zero-order valence-electron chi connectivity index (χ0n) is 19.7. The molecule has 0 saturated carbocycles. The van der Waals surface area contributed by atoms with Crippen molar-refractivity contribution in [3.05, 3.63) is 53.1 Å². The van der Waals surface area contributed by atoms with Crippen LogP contribution in [0.4, 0.5) is 0 Å². The number of aliphatic hydroxyl groups is 1. The topological polar surface area (TPSA) is 102 Å². The summed E-state index contributed by atoms with van der Waals surface area (Å²) in [6.07, 6.45) is 11.0. The van der Waals surface area contributed by atoms with Crippen molar-refractivity contribution in [2.75, 3.05) is 26.8 Å². The second-order valence-electron chi connectivity index (χ2n) is 8.24. The average molecular weight is 474 g/mol. The van der Waals surface area contributed by atoms with E-state index in [1.54, 1.807) is 34.4 Å². The first-order valence-corrected chi connectivity index (χ1v) is 11.3. The minimum absolute atomic E-state index is 0.0775. The molecule has 0 unspecified atom stereocenters. The third-order valence-electron chi connectivity index (χ3n) is 6.46. The molecule has 0 aliphatic carbocycles. The Balaban J connectivity index is 0.00000141. The summed E-state index contributed by atoms with van der Waals surface area (Å²) < 4.78 is 8.92. The number of ether oxygens (including phenoxy) is 1. The summed E-state index contributed by atoms with van der Waals surface area (Å²) in [4.78, 5) is 36.3. The number of carbonyl (C=O) groups excluding carboxylic acids is 1. The predicted octanol–water partition coefficient (Wildman–Crippen LogP) is 2.36. The smallest absolute Gasteiger partial charge is 0.329 e. The van der Waals surface area contributed by atoms with Gasteiger partial charge in [-0.1, -0.05) is 12.1 Å². The van der Waals surface area contributed by atoms with Gasteiger partial charge >= 0.3 is 5.69 Å². The molecule has 180 valence electrons. The van der Waals surface area contributed by atoms with Crippen molar-refractivity contribution in [2.45, 2.75) is 18.9 Å². The minimum atomic E-state index is -0.495. The van der Waals surface area contributed by atoms with Crippen molar-refractivity contribution in [3.8, 4) is 29.9 Å². The first-order valence-electron chi connectivity index (χ1n) is 11.3. The van der Waals surface area contributed by atoms with Gasteiger partial charge in [0.25, 0.3) is 0 Å². The standard InChI is InChI=1S/C24H25N5O4.C2H2/c1-27-19-13-25-18-8-7-17(16-5-3-4-6-20(16)33-2)26-22(18)23(19)29(24(27)32)15-9-11-28(12-10-15)21(31)14-30;1-2/h3-8,13,15,30H,9-12,14H2,1-2H3;1-2H. The Hall–Kier alpha value is -4.16. The molecule has 35 heavy (non-hydrogen) atoms. The van der Waals surface area contributed by atoms with Crippen LogP contribution in [0.15, 0.2) is 47.4 Å². The molecule has 0 atom stereocenters. The number of piperidine rings is 1. The van der Waals surface area contributed by atoms with E-state index >= 15 is 0 Å². The summed E-state index contributed by atoms with van der Waals surface area (Å²) in [6, 6.07) is 11.4. The monoisotopic (exact) mass is 473 g/mol. The van der Waals surface area contributed by atoms with E-state index in [9.17, 15) is 9.59 Å². The molecule has 1 fully saturated rings. The van der Waals surface area contributed by atoms with Crippen LogP contribution in [0.2, 0.25) is 0 Å². The molecule has 1 aromatic carbocycles. The maximum absolute atomic E-state index is 13.3. The first-order chi connectivity index (χ1) is 17.0. The van der Waals surface area contributed by atoms with Crippen molar-refractivity contribution in [1.29, 1.82) is 0 Å². The number of fused-ring (bicyclic) bond motifs is 3. The van der Waals surface area contributed by atoms with Crippen molar-refractivity contribution >= 4 is 28.0 Å². The summed E-state index contributed by atoms with van der Waals surface area (Å²) in [6.45, 7) is 0.496. The van der Waals surface area contributed by atoms with Crippen LogP contribution in [0.5, 0.6) is 5.75 Å². The van der Waals surface area contributed by atoms with Gasteiger partial charge in [0.05, 0.1) is 35.6 Å². The number of benzene rings is 1. The van der Waals surface area contributed by atoms with E-state index in [2.05, 4.69) is 17.8 Å². The number of imidazole rings is 1. The molecule has 1 saturated heterocycles. The van der Waals surface area contributed by atoms with Crippen LogP contribution < -0.4 is 10.4 Å². The quantitative estimate of drug-likeness (QED) is 0.457. The summed E-state index contributed by atoms with van der Waals surface area (Å²) >= 11 is 0. The van der Waals surface area contributed by atoms with E-state index in [4.69, 9.17) is 14.8 Å². The summed E-state index contributed by atoms with van der Waals surface area (Å²) in [7, 11) is 3.37. The van der Waals surface area contributed by atoms with Crippen LogP contribution in [-0.4, -0.2) is 61.8 Å². The third-order valence-corrected chi connectivity index (χ3v) is 6.46. The van der Waals surface area contributed by atoms with Gasteiger partial charge in [0.1, 0.15) is 17.9 Å². The highest BCUT2D eigenvalue weighted by Crippen LogP contribution is 2.32. The molecule has 5 rings (SSSR count). The van der Waals surface area contributed by atoms with Gasteiger partial charge in [0.2, 0.25) is 5.91 Å². The maximum atomic E-state index is 13.3. The Morgan fingerprint density at radius 1 is 1.17 bits per heavy atom. The van der Waals surface area contributed by atoms with Crippen LogP contribution in [0.1, 0.15) is 18.9 Å². The number of para-hydroxylation sites is 1. The molecule has 9 heteroatoms. The highest BCUT2D eigenvalue weighted by molar-refractivity contribution is 6.00. The molecule has 1 aliphatic heterocycles. The minimum Gasteiger partial charge on any atom is -0.496 e. The molecule has 0 radical (unpaired) electrons. The maximum Gasteiger partial charge on any atom is 0.329 e. The number of terminal acetylenes is 1. The van der Waals surface area contributed by atoms with Gasteiger partial charge < -0.3 is 14.7 Å². The van der Waals surface area contributed by atoms with E-state index in [-0.39, 0.29) is 17.6 Å². The van der Waals surface area contributed by atoms with Crippen LogP contribution in [0.3, 0.4) is 0 Å². The van der Waals surface area contributed by atoms with E-state index in [1.165, 1.54) is 0 Å². The SMILES string of the molecule is C#C.COc1ccccc1-c1ccc2ncc3c(c2n1)n(C1CCN(C(=O)CO)CC1)c(=O)n3C. The molecule has 3 aromatic heterocycles. The van der Waals surface area contributed by atoms with E-state index in [0.717, 1.165) is 22.5 Å². The lowest BCUT2D eigenvalue weighted by atomic mass is 10.0. The fourth-order valence-electron chi connectivity index (χ4n) is 4.71. The van der Waals surface area contributed by atoms with Gasteiger partial charge in [0.15, 0.2) is 0 Å². The number of aryl methyl sites for hydroxylation is 1. The number of aliphatic hydroxyl groups excluding tert-OH is 1. The fourth-order valence-corrected chi connectivity index (χ4v) is 4.71. The molecule has 4 heterocycles. The van der Waals surface area contributed by atoms with Crippen molar-refractivity contribution in [2.24, 2.45) is 7.05 Å². The van der Waals surface area contributed by atoms with Gasteiger partial charge in [-0.3, -0.25) is 18.9 Å². The molecule has 0 spiro atoms.